The fourth-order valence-corrected chi connectivity index (χ4v) is 3.30. The van der Waals surface area contributed by atoms with E-state index in [4.69, 9.17) is 11.6 Å². The van der Waals surface area contributed by atoms with Crippen molar-refractivity contribution in [3.05, 3.63) is 58.9 Å². The minimum absolute atomic E-state index is 0.149. The van der Waals surface area contributed by atoms with Crippen LogP contribution >= 0.6 is 11.6 Å². The highest BCUT2D eigenvalue weighted by Crippen LogP contribution is 2.23. The molecule has 0 atom stereocenters. The van der Waals surface area contributed by atoms with Crippen LogP contribution < -0.4 is 10.2 Å². The topological polar surface area (TPSA) is 35.6 Å². The molecule has 3 rings (SSSR count). The molecule has 4 nitrogen and oxygen atoms in total. The summed E-state index contributed by atoms with van der Waals surface area (Å²) in [5, 5.41) is 4.01. The molecule has 0 saturated carbocycles. The first-order valence-electron chi connectivity index (χ1n) is 8.82. The van der Waals surface area contributed by atoms with Gasteiger partial charge in [-0.05, 0) is 48.9 Å². The largest absolute Gasteiger partial charge is 0.384 e. The van der Waals surface area contributed by atoms with Gasteiger partial charge in [-0.2, -0.15) is 0 Å². The smallest absolute Gasteiger partial charge is 0.224 e. The van der Waals surface area contributed by atoms with E-state index in [0.717, 1.165) is 35.1 Å². The van der Waals surface area contributed by atoms with Crippen LogP contribution in [-0.4, -0.2) is 43.5 Å². The van der Waals surface area contributed by atoms with E-state index in [-0.39, 0.29) is 11.7 Å². The van der Waals surface area contributed by atoms with E-state index in [1.54, 1.807) is 12.1 Å². The van der Waals surface area contributed by atoms with Gasteiger partial charge in [0.25, 0.3) is 0 Å². The Labute approximate surface area is 158 Å². The fraction of sp³-hybridized carbons (Fsp3) is 0.350. The van der Waals surface area contributed by atoms with Crippen LogP contribution in [-0.2, 0) is 4.79 Å². The number of nitrogens with zero attached hydrogens (tertiary/aromatic N) is 2. The number of carbonyl (C=O) groups is 1. The van der Waals surface area contributed by atoms with Gasteiger partial charge in [-0.1, -0.05) is 17.7 Å². The first-order valence-corrected chi connectivity index (χ1v) is 9.19. The summed E-state index contributed by atoms with van der Waals surface area (Å²) >= 11 is 6.11. The quantitative estimate of drug-likeness (QED) is 0.859. The van der Waals surface area contributed by atoms with Gasteiger partial charge in [-0.25, -0.2) is 4.39 Å². The Morgan fingerprint density at radius 3 is 2.50 bits per heavy atom. The van der Waals surface area contributed by atoms with Crippen molar-refractivity contribution in [1.29, 1.82) is 0 Å². The SMILES string of the molecule is Cc1c(Cl)cccc1NCCC(=O)N1CCN(c2ccc(F)cc2)CC1. The minimum atomic E-state index is -0.231. The maximum Gasteiger partial charge on any atom is 0.224 e. The normalized spacial score (nSPS) is 14.4. The van der Waals surface area contributed by atoms with Crippen LogP contribution in [0.2, 0.25) is 5.02 Å². The van der Waals surface area contributed by atoms with Crippen molar-refractivity contribution in [2.75, 3.05) is 42.9 Å². The highest BCUT2D eigenvalue weighted by atomic mass is 35.5. The first kappa shape index (κ1) is 18.5. The second-order valence-corrected chi connectivity index (χ2v) is 6.84. The molecule has 138 valence electrons. The lowest BCUT2D eigenvalue weighted by atomic mass is 10.2. The molecular formula is C20H23ClFN3O. The standard InChI is InChI=1S/C20H23ClFN3O/c1-15-18(21)3-2-4-19(15)23-10-9-20(26)25-13-11-24(12-14-25)17-7-5-16(22)6-8-17/h2-8,23H,9-14H2,1H3. The molecule has 1 fully saturated rings. The molecule has 0 aromatic heterocycles. The van der Waals surface area contributed by atoms with Gasteiger partial charge in [-0.3, -0.25) is 4.79 Å². The molecule has 0 radical (unpaired) electrons. The second kappa shape index (κ2) is 8.41. The van der Waals surface area contributed by atoms with E-state index < -0.39 is 0 Å². The summed E-state index contributed by atoms with van der Waals surface area (Å²) < 4.78 is 13.0. The van der Waals surface area contributed by atoms with Crippen LogP contribution in [0.5, 0.6) is 0 Å². The highest BCUT2D eigenvalue weighted by Gasteiger charge is 2.21. The molecular weight excluding hydrogens is 353 g/mol. The molecule has 1 heterocycles. The second-order valence-electron chi connectivity index (χ2n) is 6.43. The Morgan fingerprint density at radius 1 is 1.12 bits per heavy atom. The molecule has 0 aliphatic carbocycles. The molecule has 2 aromatic rings. The third-order valence-corrected chi connectivity index (χ3v) is 5.16. The minimum Gasteiger partial charge on any atom is -0.384 e. The van der Waals surface area contributed by atoms with Crippen LogP contribution in [0.15, 0.2) is 42.5 Å². The summed E-state index contributed by atoms with van der Waals surface area (Å²) in [7, 11) is 0. The number of carbonyl (C=O) groups excluding carboxylic acids is 1. The summed E-state index contributed by atoms with van der Waals surface area (Å²) in [4.78, 5) is 16.5. The van der Waals surface area contributed by atoms with E-state index in [2.05, 4.69) is 10.2 Å². The molecule has 0 unspecified atom stereocenters. The van der Waals surface area contributed by atoms with Crippen LogP contribution in [0.3, 0.4) is 0 Å². The Bertz CT molecular complexity index is 758. The zero-order valence-electron chi connectivity index (χ0n) is 14.8. The van der Waals surface area contributed by atoms with Gasteiger partial charge in [-0.15, -0.1) is 0 Å². The van der Waals surface area contributed by atoms with Crippen molar-refractivity contribution in [2.45, 2.75) is 13.3 Å². The summed E-state index contributed by atoms with van der Waals surface area (Å²) in [6.45, 7) is 5.44. The summed E-state index contributed by atoms with van der Waals surface area (Å²) in [6, 6.07) is 12.2. The fourth-order valence-electron chi connectivity index (χ4n) is 3.13. The molecule has 6 heteroatoms. The Kier molecular flexibility index (Phi) is 5.99. The molecule has 1 amide bonds. The molecule has 26 heavy (non-hydrogen) atoms. The molecule has 0 spiro atoms. The molecule has 0 bridgehead atoms. The predicted octanol–water partition coefficient (Wildman–Crippen LogP) is 3.94. The van der Waals surface area contributed by atoms with Crippen LogP contribution in [0.25, 0.3) is 0 Å². The van der Waals surface area contributed by atoms with E-state index >= 15 is 0 Å². The van der Waals surface area contributed by atoms with Gasteiger partial charge in [0, 0.05) is 55.5 Å². The average molecular weight is 376 g/mol. The summed E-state index contributed by atoms with van der Waals surface area (Å²) in [5.41, 5.74) is 2.96. The van der Waals surface area contributed by atoms with Crippen molar-refractivity contribution < 1.29 is 9.18 Å². The number of hydrogen-bond donors (Lipinski definition) is 1. The number of benzene rings is 2. The van der Waals surface area contributed by atoms with Crippen molar-refractivity contribution >= 4 is 28.9 Å². The predicted molar refractivity (Wildman–Crippen MR) is 104 cm³/mol. The first-order chi connectivity index (χ1) is 12.5. The maximum absolute atomic E-state index is 13.0. The molecule has 1 N–H and O–H groups in total. The summed E-state index contributed by atoms with van der Waals surface area (Å²) in [5.74, 6) is -0.0825. The molecule has 1 aliphatic rings. The molecule has 1 aliphatic heterocycles. The van der Waals surface area contributed by atoms with Gasteiger partial charge >= 0.3 is 0 Å². The van der Waals surface area contributed by atoms with Gasteiger partial charge in [0.05, 0.1) is 0 Å². The number of anilines is 2. The van der Waals surface area contributed by atoms with Crippen LogP contribution in [0.1, 0.15) is 12.0 Å². The molecule has 2 aromatic carbocycles. The maximum atomic E-state index is 13.0. The number of nitrogens with one attached hydrogen (secondary N) is 1. The van der Waals surface area contributed by atoms with E-state index in [0.29, 0.717) is 26.1 Å². The highest BCUT2D eigenvalue weighted by molar-refractivity contribution is 6.31. The summed E-state index contributed by atoms with van der Waals surface area (Å²) in [6.07, 6.45) is 0.447. The van der Waals surface area contributed by atoms with E-state index in [1.165, 1.54) is 12.1 Å². The lowest BCUT2D eigenvalue weighted by Crippen LogP contribution is -2.49. The van der Waals surface area contributed by atoms with Crippen LogP contribution in [0.4, 0.5) is 15.8 Å². The third-order valence-electron chi connectivity index (χ3n) is 4.75. The monoisotopic (exact) mass is 375 g/mol. The zero-order chi connectivity index (χ0) is 18.5. The van der Waals surface area contributed by atoms with Crippen molar-refractivity contribution in [1.82, 2.24) is 4.90 Å². The Morgan fingerprint density at radius 2 is 1.81 bits per heavy atom. The number of piperazine rings is 1. The number of amides is 1. The van der Waals surface area contributed by atoms with Crippen LogP contribution in [0, 0.1) is 12.7 Å². The van der Waals surface area contributed by atoms with Gasteiger partial charge in [0.2, 0.25) is 5.91 Å². The number of halogens is 2. The van der Waals surface area contributed by atoms with E-state index in [1.807, 2.05) is 30.0 Å². The Balaban J connectivity index is 1.45. The average Bonchev–Trinajstić information content (AvgIpc) is 2.66. The van der Waals surface area contributed by atoms with E-state index in [9.17, 15) is 9.18 Å². The molecule has 1 saturated heterocycles. The number of rotatable bonds is 5. The van der Waals surface area contributed by atoms with Crippen molar-refractivity contribution in [3.63, 3.8) is 0 Å². The zero-order valence-corrected chi connectivity index (χ0v) is 15.6. The Hall–Kier alpha value is -2.27. The van der Waals surface area contributed by atoms with Gasteiger partial charge < -0.3 is 15.1 Å². The third kappa shape index (κ3) is 4.47. The van der Waals surface area contributed by atoms with Crippen molar-refractivity contribution in [3.8, 4) is 0 Å². The van der Waals surface area contributed by atoms with Crippen molar-refractivity contribution in [2.24, 2.45) is 0 Å². The number of hydrogen-bond acceptors (Lipinski definition) is 3. The lowest BCUT2D eigenvalue weighted by Gasteiger charge is -2.36. The van der Waals surface area contributed by atoms with Gasteiger partial charge in [0.15, 0.2) is 0 Å². The van der Waals surface area contributed by atoms with Gasteiger partial charge in [0.1, 0.15) is 5.82 Å². The lowest BCUT2D eigenvalue weighted by molar-refractivity contribution is -0.131.